The highest BCUT2D eigenvalue weighted by Gasteiger charge is 2.64. The number of esters is 2. The second-order valence-electron chi connectivity index (χ2n) is 7.88. The Bertz CT molecular complexity index is 743. The van der Waals surface area contributed by atoms with Gasteiger partial charge in [-0.2, -0.15) is 0 Å². The van der Waals surface area contributed by atoms with Crippen molar-refractivity contribution < 1.29 is 28.9 Å². The summed E-state index contributed by atoms with van der Waals surface area (Å²) in [6.45, 7) is 5.67. The zero-order valence-electron chi connectivity index (χ0n) is 14.6. The van der Waals surface area contributed by atoms with Gasteiger partial charge in [-0.05, 0) is 31.8 Å². The van der Waals surface area contributed by atoms with E-state index >= 15 is 0 Å². The quantitative estimate of drug-likeness (QED) is 0.357. The molecule has 0 aromatic rings. The van der Waals surface area contributed by atoms with E-state index < -0.39 is 29.9 Å². The number of hydrogen-bond donors (Lipinski definition) is 1. The first kappa shape index (κ1) is 16.4. The van der Waals surface area contributed by atoms with Crippen LogP contribution >= 0.6 is 0 Å². The SMILES string of the molecule is CC1=C[C@H](O/C=C2/C(=O)O[C@H]3[C@@H]2C=C2CCCC(C)(C)C23O)OC1=O. The lowest BCUT2D eigenvalue weighted by Crippen LogP contribution is -2.55. The summed E-state index contributed by atoms with van der Waals surface area (Å²) in [6, 6.07) is 0. The number of fused-ring (bicyclic) bond motifs is 3. The molecule has 1 N–H and O–H groups in total. The lowest BCUT2D eigenvalue weighted by atomic mass is 9.62. The largest absolute Gasteiger partial charge is 0.458 e. The Balaban J connectivity index is 1.61. The van der Waals surface area contributed by atoms with Crippen LogP contribution in [0.2, 0.25) is 0 Å². The van der Waals surface area contributed by atoms with Crippen molar-refractivity contribution in [3.05, 3.63) is 35.1 Å². The van der Waals surface area contributed by atoms with Gasteiger partial charge < -0.3 is 19.3 Å². The summed E-state index contributed by atoms with van der Waals surface area (Å²) in [5, 5.41) is 11.4. The molecule has 4 atom stereocenters. The van der Waals surface area contributed by atoms with Crippen molar-refractivity contribution in [1.29, 1.82) is 0 Å². The second-order valence-corrected chi connectivity index (χ2v) is 7.88. The third-order valence-electron chi connectivity index (χ3n) is 5.98. The van der Waals surface area contributed by atoms with Gasteiger partial charge in [0.25, 0.3) is 6.29 Å². The molecule has 0 radical (unpaired) electrons. The third-order valence-corrected chi connectivity index (χ3v) is 5.98. The molecule has 0 aromatic carbocycles. The minimum atomic E-state index is -1.14. The summed E-state index contributed by atoms with van der Waals surface area (Å²) < 4.78 is 16.0. The predicted molar refractivity (Wildman–Crippen MR) is 86.8 cm³/mol. The van der Waals surface area contributed by atoms with E-state index in [2.05, 4.69) is 0 Å². The van der Waals surface area contributed by atoms with Gasteiger partial charge in [0.2, 0.25) is 0 Å². The van der Waals surface area contributed by atoms with Gasteiger partial charge in [-0.25, -0.2) is 9.59 Å². The van der Waals surface area contributed by atoms with E-state index in [0.717, 1.165) is 24.8 Å². The molecule has 4 aliphatic rings. The zero-order valence-corrected chi connectivity index (χ0v) is 14.6. The lowest BCUT2D eigenvalue weighted by Gasteiger charge is -2.48. The van der Waals surface area contributed by atoms with Crippen molar-refractivity contribution in [3.8, 4) is 0 Å². The third kappa shape index (κ3) is 2.20. The van der Waals surface area contributed by atoms with Crippen LogP contribution in [0, 0.1) is 11.3 Å². The van der Waals surface area contributed by atoms with Gasteiger partial charge >= 0.3 is 11.9 Å². The van der Waals surface area contributed by atoms with Crippen molar-refractivity contribution in [2.24, 2.45) is 11.3 Å². The standard InChI is InChI=1S/C19H22O6/c1-10-7-14(24-16(10)20)23-9-13-12-8-11-5-4-6-18(2,3)19(11,22)15(12)25-17(13)21/h7-9,12,14-15,22H,4-6H2,1-3H3/b13-9+/t12-,14-,15+,19?/m1/s1. The molecule has 4 rings (SSSR count). The molecule has 6 nitrogen and oxygen atoms in total. The van der Waals surface area contributed by atoms with E-state index in [1.807, 2.05) is 19.9 Å². The maximum Gasteiger partial charge on any atom is 0.338 e. The van der Waals surface area contributed by atoms with Gasteiger partial charge in [-0.15, -0.1) is 0 Å². The van der Waals surface area contributed by atoms with E-state index in [-0.39, 0.29) is 11.3 Å². The molecule has 6 heteroatoms. The summed E-state index contributed by atoms with van der Waals surface area (Å²) in [7, 11) is 0. The fraction of sp³-hybridized carbons (Fsp3) is 0.579. The molecule has 0 spiro atoms. The lowest BCUT2D eigenvalue weighted by molar-refractivity contribution is -0.164. The Morgan fingerprint density at radius 3 is 2.68 bits per heavy atom. The van der Waals surface area contributed by atoms with E-state index in [1.165, 1.54) is 6.26 Å². The average Bonchev–Trinajstić information content (AvgIpc) is 3.11. The van der Waals surface area contributed by atoms with Crippen LogP contribution in [0.3, 0.4) is 0 Å². The molecule has 1 unspecified atom stereocenters. The molecule has 134 valence electrons. The van der Waals surface area contributed by atoms with E-state index in [9.17, 15) is 14.7 Å². The average molecular weight is 346 g/mol. The fourth-order valence-corrected chi connectivity index (χ4v) is 4.45. The first-order valence-electron chi connectivity index (χ1n) is 8.63. The Kier molecular flexibility index (Phi) is 3.41. The van der Waals surface area contributed by atoms with E-state index in [1.54, 1.807) is 13.0 Å². The van der Waals surface area contributed by atoms with Crippen molar-refractivity contribution >= 4 is 11.9 Å². The maximum absolute atomic E-state index is 12.3. The summed E-state index contributed by atoms with van der Waals surface area (Å²) in [5.41, 5.74) is 0.261. The van der Waals surface area contributed by atoms with Gasteiger partial charge in [0.15, 0.2) is 0 Å². The van der Waals surface area contributed by atoms with Crippen LogP contribution in [0.25, 0.3) is 0 Å². The Morgan fingerprint density at radius 1 is 1.24 bits per heavy atom. The molecular weight excluding hydrogens is 324 g/mol. The number of aliphatic hydroxyl groups is 1. The summed E-state index contributed by atoms with van der Waals surface area (Å²) in [4.78, 5) is 23.7. The maximum atomic E-state index is 12.3. The molecule has 2 aliphatic carbocycles. The minimum absolute atomic E-state index is 0.341. The van der Waals surface area contributed by atoms with Crippen LogP contribution in [-0.2, 0) is 23.8 Å². The molecule has 2 fully saturated rings. The van der Waals surface area contributed by atoms with Gasteiger partial charge in [-0.3, -0.25) is 0 Å². The molecule has 1 saturated carbocycles. The van der Waals surface area contributed by atoms with Crippen LogP contribution in [0.15, 0.2) is 35.1 Å². The first-order chi connectivity index (χ1) is 11.7. The number of carbonyl (C=O) groups is 2. The number of carbonyl (C=O) groups excluding carboxylic acids is 2. The van der Waals surface area contributed by atoms with Crippen molar-refractivity contribution in [2.75, 3.05) is 0 Å². The monoisotopic (exact) mass is 346 g/mol. The smallest absolute Gasteiger partial charge is 0.338 e. The van der Waals surface area contributed by atoms with Gasteiger partial charge in [0, 0.05) is 17.1 Å². The van der Waals surface area contributed by atoms with Crippen LogP contribution in [0.1, 0.15) is 40.0 Å². The molecule has 0 amide bonds. The number of cyclic esters (lactones) is 1. The summed E-state index contributed by atoms with van der Waals surface area (Å²) in [5.74, 6) is -1.27. The first-order valence-corrected chi connectivity index (χ1v) is 8.63. The van der Waals surface area contributed by atoms with Crippen LogP contribution < -0.4 is 0 Å². The Morgan fingerprint density at radius 2 is 2.00 bits per heavy atom. The molecule has 2 heterocycles. The number of hydrogen-bond acceptors (Lipinski definition) is 6. The Hall–Kier alpha value is -2.08. The fourth-order valence-electron chi connectivity index (χ4n) is 4.45. The molecule has 0 bridgehead atoms. The summed E-state index contributed by atoms with van der Waals surface area (Å²) in [6.07, 6.45) is 6.05. The topological polar surface area (TPSA) is 82.1 Å². The molecule has 2 aliphatic heterocycles. The normalized spacial score (nSPS) is 40.2. The highest BCUT2D eigenvalue weighted by atomic mass is 16.7. The van der Waals surface area contributed by atoms with Crippen LogP contribution in [0.5, 0.6) is 0 Å². The molecule has 0 aromatic heterocycles. The second kappa shape index (κ2) is 5.21. The number of rotatable bonds is 2. The van der Waals surface area contributed by atoms with Gasteiger partial charge in [-0.1, -0.05) is 19.9 Å². The van der Waals surface area contributed by atoms with Crippen LogP contribution in [0.4, 0.5) is 0 Å². The van der Waals surface area contributed by atoms with Crippen molar-refractivity contribution in [1.82, 2.24) is 0 Å². The Labute approximate surface area is 146 Å². The molecule has 25 heavy (non-hydrogen) atoms. The number of ether oxygens (including phenoxy) is 3. The van der Waals surface area contributed by atoms with E-state index in [0.29, 0.717) is 11.1 Å². The van der Waals surface area contributed by atoms with Crippen molar-refractivity contribution in [2.45, 2.75) is 58.0 Å². The highest BCUT2D eigenvalue weighted by molar-refractivity contribution is 5.93. The van der Waals surface area contributed by atoms with Crippen molar-refractivity contribution in [3.63, 3.8) is 0 Å². The van der Waals surface area contributed by atoms with Gasteiger partial charge in [0.05, 0.1) is 17.8 Å². The highest BCUT2D eigenvalue weighted by Crippen LogP contribution is 2.57. The zero-order chi connectivity index (χ0) is 18.0. The summed E-state index contributed by atoms with van der Waals surface area (Å²) >= 11 is 0. The van der Waals surface area contributed by atoms with E-state index in [4.69, 9.17) is 14.2 Å². The predicted octanol–water partition coefficient (Wildman–Crippen LogP) is 2.14. The molecular formula is C19H22O6. The van der Waals surface area contributed by atoms with Gasteiger partial charge in [0.1, 0.15) is 11.7 Å². The molecule has 1 saturated heterocycles. The van der Waals surface area contributed by atoms with Crippen LogP contribution in [-0.4, -0.2) is 35.0 Å². The minimum Gasteiger partial charge on any atom is -0.458 e.